The summed E-state index contributed by atoms with van der Waals surface area (Å²) in [6.07, 6.45) is -0.276. The van der Waals surface area contributed by atoms with Crippen LogP contribution in [0.1, 0.15) is 25.3 Å². The number of carboxylic acids is 1. The largest absolute Gasteiger partial charge is 0.479 e. The number of hydrogen-bond acceptors (Lipinski definition) is 3. The molecule has 1 unspecified atom stereocenters. The SMILES string of the molecule is CC(Cc1ccc(F)cc1)NC(=O)[C@@H]1CC[C@H](C(=O)O)O1. The van der Waals surface area contributed by atoms with E-state index < -0.39 is 18.2 Å². The van der Waals surface area contributed by atoms with Gasteiger partial charge in [-0.15, -0.1) is 0 Å². The first-order valence-corrected chi connectivity index (χ1v) is 6.89. The van der Waals surface area contributed by atoms with Crippen molar-refractivity contribution in [2.75, 3.05) is 0 Å². The summed E-state index contributed by atoms with van der Waals surface area (Å²) < 4.78 is 18.0. The molecule has 0 bridgehead atoms. The van der Waals surface area contributed by atoms with E-state index in [-0.39, 0.29) is 17.8 Å². The summed E-state index contributed by atoms with van der Waals surface area (Å²) in [6.45, 7) is 1.84. The second kappa shape index (κ2) is 6.67. The van der Waals surface area contributed by atoms with Crippen molar-refractivity contribution in [3.63, 3.8) is 0 Å². The van der Waals surface area contributed by atoms with Gasteiger partial charge in [-0.3, -0.25) is 4.79 Å². The molecule has 1 fully saturated rings. The molecule has 6 heteroatoms. The van der Waals surface area contributed by atoms with Crippen LogP contribution in [0, 0.1) is 5.82 Å². The van der Waals surface area contributed by atoms with Crippen LogP contribution in [-0.2, 0) is 20.7 Å². The highest BCUT2D eigenvalue weighted by atomic mass is 19.1. The lowest BCUT2D eigenvalue weighted by Gasteiger charge is -2.17. The van der Waals surface area contributed by atoms with E-state index in [0.717, 1.165) is 5.56 Å². The molecule has 2 rings (SSSR count). The fourth-order valence-corrected chi connectivity index (χ4v) is 2.37. The lowest BCUT2D eigenvalue weighted by atomic mass is 10.1. The standard InChI is InChI=1S/C15H18FNO4/c1-9(8-10-2-4-11(16)5-3-10)17-14(18)12-6-7-13(21-12)15(19)20/h2-5,9,12-13H,6-8H2,1H3,(H,17,18)(H,19,20)/t9?,12-,13+/m0/s1. The molecule has 2 N–H and O–H groups in total. The fourth-order valence-electron chi connectivity index (χ4n) is 2.37. The van der Waals surface area contributed by atoms with E-state index in [9.17, 15) is 14.0 Å². The molecule has 1 amide bonds. The van der Waals surface area contributed by atoms with Crippen LogP contribution < -0.4 is 5.32 Å². The third-order valence-electron chi connectivity index (χ3n) is 3.43. The summed E-state index contributed by atoms with van der Waals surface area (Å²) in [7, 11) is 0. The maximum atomic E-state index is 12.8. The van der Waals surface area contributed by atoms with E-state index in [2.05, 4.69) is 5.32 Å². The van der Waals surface area contributed by atoms with Gasteiger partial charge in [0.15, 0.2) is 6.10 Å². The number of rotatable bonds is 5. The molecule has 0 radical (unpaired) electrons. The van der Waals surface area contributed by atoms with Crippen LogP contribution >= 0.6 is 0 Å². The number of amides is 1. The van der Waals surface area contributed by atoms with Crippen molar-refractivity contribution in [3.8, 4) is 0 Å². The Kier molecular flexibility index (Phi) is 4.90. The Morgan fingerprint density at radius 1 is 1.33 bits per heavy atom. The number of carbonyl (C=O) groups is 2. The number of hydrogen-bond donors (Lipinski definition) is 2. The molecule has 5 nitrogen and oxygen atoms in total. The first kappa shape index (κ1) is 15.4. The monoisotopic (exact) mass is 295 g/mol. The Hall–Kier alpha value is -1.95. The minimum atomic E-state index is -1.04. The predicted octanol–water partition coefficient (Wildman–Crippen LogP) is 1.51. The van der Waals surface area contributed by atoms with Crippen LogP contribution in [0.15, 0.2) is 24.3 Å². The average molecular weight is 295 g/mol. The van der Waals surface area contributed by atoms with Gasteiger partial charge in [0.2, 0.25) is 5.91 Å². The van der Waals surface area contributed by atoms with Gasteiger partial charge in [-0.25, -0.2) is 9.18 Å². The van der Waals surface area contributed by atoms with Crippen LogP contribution in [0.4, 0.5) is 4.39 Å². The van der Waals surface area contributed by atoms with Gasteiger partial charge in [-0.05, 0) is 43.9 Å². The third kappa shape index (κ3) is 4.26. The molecule has 1 saturated heterocycles. The number of carbonyl (C=O) groups excluding carboxylic acids is 1. The second-order valence-electron chi connectivity index (χ2n) is 5.27. The Morgan fingerprint density at radius 2 is 1.95 bits per heavy atom. The lowest BCUT2D eigenvalue weighted by molar-refractivity contribution is -0.151. The van der Waals surface area contributed by atoms with Crippen LogP contribution in [-0.4, -0.2) is 35.2 Å². The van der Waals surface area contributed by atoms with Gasteiger partial charge in [0.1, 0.15) is 11.9 Å². The van der Waals surface area contributed by atoms with Crippen molar-refractivity contribution in [1.82, 2.24) is 5.32 Å². The Bertz CT molecular complexity index is 517. The molecule has 0 aromatic heterocycles. The summed E-state index contributed by atoms with van der Waals surface area (Å²) >= 11 is 0. The topological polar surface area (TPSA) is 75.6 Å². The number of benzene rings is 1. The Balaban J connectivity index is 1.82. The molecule has 1 aliphatic heterocycles. The van der Waals surface area contributed by atoms with Crippen molar-refractivity contribution >= 4 is 11.9 Å². The number of carboxylic acid groups (broad SMARTS) is 1. The molecule has 1 aliphatic rings. The fraction of sp³-hybridized carbons (Fsp3) is 0.467. The molecule has 0 aliphatic carbocycles. The molecule has 0 saturated carbocycles. The third-order valence-corrected chi connectivity index (χ3v) is 3.43. The van der Waals surface area contributed by atoms with Gasteiger partial charge in [-0.2, -0.15) is 0 Å². The smallest absolute Gasteiger partial charge is 0.332 e. The molecule has 1 aromatic rings. The van der Waals surface area contributed by atoms with Crippen LogP contribution in [0.2, 0.25) is 0 Å². The molecule has 114 valence electrons. The van der Waals surface area contributed by atoms with E-state index in [1.54, 1.807) is 12.1 Å². The highest BCUT2D eigenvalue weighted by Crippen LogP contribution is 2.20. The first-order chi connectivity index (χ1) is 9.95. The van der Waals surface area contributed by atoms with Crippen molar-refractivity contribution in [2.24, 2.45) is 0 Å². The van der Waals surface area contributed by atoms with Gasteiger partial charge in [0.05, 0.1) is 0 Å². The number of ether oxygens (including phenoxy) is 1. The van der Waals surface area contributed by atoms with Gasteiger partial charge in [-0.1, -0.05) is 12.1 Å². The van der Waals surface area contributed by atoms with Crippen LogP contribution in [0.3, 0.4) is 0 Å². The molecule has 0 spiro atoms. The van der Waals surface area contributed by atoms with Gasteiger partial charge < -0.3 is 15.2 Å². The first-order valence-electron chi connectivity index (χ1n) is 6.89. The molecule has 1 heterocycles. The minimum Gasteiger partial charge on any atom is -0.479 e. The van der Waals surface area contributed by atoms with E-state index >= 15 is 0 Å². The summed E-state index contributed by atoms with van der Waals surface area (Å²) in [5.41, 5.74) is 0.917. The van der Waals surface area contributed by atoms with Crippen LogP contribution in [0.5, 0.6) is 0 Å². The van der Waals surface area contributed by atoms with E-state index in [0.29, 0.717) is 19.3 Å². The molecule has 1 aromatic carbocycles. The van der Waals surface area contributed by atoms with Crippen molar-refractivity contribution in [2.45, 2.75) is 44.4 Å². The molecular formula is C15H18FNO4. The summed E-state index contributed by atoms with van der Waals surface area (Å²) in [6, 6.07) is 5.95. The van der Waals surface area contributed by atoms with Gasteiger partial charge >= 0.3 is 5.97 Å². The maximum Gasteiger partial charge on any atom is 0.332 e. The predicted molar refractivity (Wildman–Crippen MR) is 73.2 cm³/mol. The second-order valence-corrected chi connectivity index (χ2v) is 5.27. The molecule has 3 atom stereocenters. The zero-order valence-corrected chi connectivity index (χ0v) is 11.7. The minimum absolute atomic E-state index is 0.143. The van der Waals surface area contributed by atoms with E-state index in [1.807, 2.05) is 6.92 Å². The van der Waals surface area contributed by atoms with Crippen molar-refractivity contribution in [3.05, 3.63) is 35.6 Å². The van der Waals surface area contributed by atoms with Crippen molar-refractivity contribution in [1.29, 1.82) is 0 Å². The van der Waals surface area contributed by atoms with Crippen molar-refractivity contribution < 1.29 is 23.8 Å². The quantitative estimate of drug-likeness (QED) is 0.863. The normalized spacial score (nSPS) is 22.8. The van der Waals surface area contributed by atoms with Crippen LogP contribution in [0.25, 0.3) is 0 Å². The summed E-state index contributed by atoms with van der Waals surface area (Å²) in [5.74, 6) is -1.63. The molecular weight excluding hydrogens is 277 g/mol. The summed E-state index contributed by atoms with van der Waals surface area (Å²) in [5, 5.41) is 11.6. The number of aliphatic carboxylic acids is 1. The molecule has 21 heavy (non-hydrogen) atoms. The lowest BCUT2D eigenvalue weighted by Crippen LogP contribution is -2.41. The Labute approximate surface area is 122 Å². The zero-order valence-electron chi connectivity index (χ0n) is 11.7. The average Bonchev–Trinajstić information content (AvgIpc) is 2.91. The zero-order chi connectivity index (χ0) is 15.4. The maximum absolute atomic E-state index is 12.8. The van der Waals surface area contributed by atoms with Gasteiger partial charge in [0, 0.05) is 6.04 Å². The van der Waals surface area contributed by atoms with Gasteiger partial charge in [0.25, 0.3) is 0 Å². The van der Waals surface area contributed by atoms with E-state index in [4.69, 9.17) is 9.84 Å². The highest BCUT2D eigenvalue weighted by molar-refractivity contribution is 5.82. The number of nitrogens with one attached hydrogen (secondary N) is 1. The highest BCUT2D eigenvalue weighted by Gasteiger charge is 2.34. The summed E-state index contributed by atoms with van der Waals surface area (Å²) in [4.78, 5) is 22.8. The van der Waals surface area contributed by atoms with E-state index in [1.165, 1.54) is 12.1 Å². The number of halogens is 1. The Morgan fingerprint density at radius 3 is 2.52 bits per heavy atom.